The minimum atomic E-state index is -3.85. The quantitative estimate of drug-likeness (QED) is 0.767. The van der Waals surface area contributed by atoms with Crippen LogP contribution in [0, 0.1) is 20.8 Å². The van der Waals surface area contributed by atoms with Crippen LogP contribution in [0.3, 0.4) is 0 Å². The molecule has 0 bridgehead atoms. The summed E-state index contributed by atoms with van der Waals surface area (Å²) in [6.07, 6.45) is 0. The van der Waals surface area contributed by atoms with Gasteiger partial charge in [-0.25, -0.2) is 0 Å². The molecule has 0 N–H and O–H groups in total. The molecule has 3 nitrogen and oxygen atoms in total. The Labute approximate surface area is 139 Å². The van der Waals surface area contributed by atoms with E-state index in [2.05, 4.69) is 0 Å². The Morgan fingerprint density at radius 3 is 1.96 bits per heavy atom. The van der Waals surface area contributed by atoms with Crippen molar-refractivity contribution in [2.24, 2.45) is 0 Å². The smallest absolute Gasteiger partial charge is 0.339 e. The van der Waals surface area contributed by atoms with E-state index >= 15 is 0 Å². The summed E-state index contributed by atoms with van der Waals surface area (Å²) in [6, 6.07) is 10.6. The molecule has 0 spiro atoms. The molecule has 124 valence electrons. The van der Waals surface area contributed by atoms with E-state index in [1.807, 2.05) is 53.7 Å². The maximum atomic E-state index is 12.6. The highest BCUT2D eigenvalue weighted by molar-refractivity contribution is 7.87. The van der Waals surface area contributed by atoms with Gasteiger partial charge in [0.15, 0.2) is 0 Å². The summed E-state index contributed by atoms with van der Waals surface area (Å²) >= 11 is 0. The van der Waals surface area contributed by atoms with Crippen molar-refractivity contribution in [3.05, 3.63) is 58.7 Å². The largest absolute Gasteiger partial charge is 0.378 e. The Kier molecular flexibility index (Phi) is 4.58. The molecule has 2 rings (SSSR count). The van der Waals surface area contributed by atoms with Crippen LogP contribution in [0.4, 0.5) is 0 Å². The zero-order chi connectivity index (χ0) is 17.4. The Hall–Kier alpha value is -1.81. The molecule has 4 heteroatoms. The highest BCUT2D eigenvalue weighted by Gasteiger charge is 2.25. The molecule has 0 aliphatic rings. The topological polar surface area (TPSA) is 43.4 Å². The van der Waals surface area contributed by atoms with E-state index in [0.29, 0.717) is 5.75 Å². The van der Waals surface area contributed by atoms with Gasteiger partial charge in [0.1, 0.15) is 10.6 Å². The van der Waals surface area contributed by atoms with Gasteiger partial charge in [0.25, 0.3) is 0 Å². The fourth-order valence-electron chi connectivity index (χ4n) is 2.48. The second-order valence-corrected chi connectivity index (χ2v) is 8.61. The van der Waals surface area contributed by atoms with Crippen LogP contribution in [0.5, 0.6) is 5.75 Å². The molecule has 0 aliphatic carbocycles. The highest BCUT2D eigenvalue weighted by atomic mass is 32.2. The van der Waals surface area contributed by atoms with Gasteiger partial charge in [-0.15, -0.1) is 0 Å². The Morgan fingerprint density at radius 2 is 1.43 bits per heavy atom. The van der Waals surface area contributed by atoms with Crippen LogP contribution < -0.4 is 4.18 Å². The lowest BCUT2D eigenvalue weighted by atomic mass is 9.84. The molecule has 2 aromatic carbocycles. The fourth-order valence-corrected chi connectivity index (χ4v) is 3.49. The van der Waals surface area contributed by atoms with Crippen molar-refractivity contribution < 1.29 is 12.6 Å². The molecule has 0 atom stereocenters. The zero-order valence-corrected chi connectivity index (χ0v) is 15.4. The molecule has 0 saturated heterocycles. The average Bonchev–Trinajstić information content (AvgIpc) is 2.41. The molecule has 23 heavy (non-hydrogen) atoms. The summed E-state index contributed by atoms with van der Waals surface area (Å²) in [6.45, 7) is 11.9. The van der Waals surface area contributed by atoms with Gasteiger partial charge in [-0.1, -0.05) is 56.2 Å². The number of rotatable bonds is 3. The summed E-state index contributed by atoms with van der Waals surface area (Å²) in [5.41, 5.74) is 3.60. The number of benzene rings is 2. The van der Waals surface area contributed by atoms with E-state index in [4.69, 9.17) is 4.18 Å². The molecule has 0 amide bonds. The molecule has 0 heterocycles. The van der Waals surface area contributed by atoms with Crippen molar-refractivity contribution in [3.8, 4) is 5.75 Å². The maximum Gasteiger partial charge on any atom is 0.339 e. The first-order valence-corrected chi connectivity index (χ1v) is 9.04. The third-order valence-electron chi connectivity index (χ3n) is 3.73. The predicted octanol–water partition coefficient (Wildman–Crippen LogP) is 4.68. The third kappa shape index (κ3) is 3.94. The summed E-state index contributed by atoms with van der Waals surface area (Å²) in [7, 11) is -3.85. The van der Waals surface area contributed by atoms with E-state index in [9.17, 15) is 8.42 Å². The number of hydrogen-bond donors (Lipinski definition) is 0. The standard InChI is InChI=1S/C19H24O3S/c1-13-7-9-16(10-8-13)23(20,21)22-18-15(3)11-14(2)12-17(18)19(4,5)6/h7-12H,1-6H3. The molecule has 0 aliphatic heterocycles. The summed E-state index contributed by atoms with van der Waals surface area (Å²) < 4.78 is 30.8. The normalized spacial score (nSPS) is 12.3. The SMILES string of the molecule is Cc1ccc(S(=O)(=O)Oc2c(C)cc(C)cc2C(C)(C)C)cc1. The van der Waals surface area contributed by atoms with E-state index in [1.165, 1.54) is 0 Å². The molecular weight excluding hydrogens is 308 g/mol. The lowest BCUT2D eigenvalue weighted by Gasteiger charge is -2.24. The van der Waals surface area contributed by atoms with Crippen LogP contribution in [0.25, 0.3) is 0 Å². The third-order valence-corrected chi connectivity index (χ3v) is 4.97. The Balaban J connectivity index is 2.53. The highest BCUT2D eigenvalue weighted by Crippen LogP contribution is 2.36. The van der Waals surface area contributed by atoms with Crippen molar-refractivity contribution in [2.45, 2.75) is 51.9 Å². The molecule has 0 radical (unpaired) electrons. The Morgan fingerprint density at radius 1 is 0.870 bits per heavy atom. The average molecular weight is 332 g/mol. The van der Waals surface area contributed by atoms with Crippen molar-refractivity contribution in [1.29, 1.82) is 0 Å². The molecule has 2 aromatic rings. The van der Waals surface area contributed by atoms with Crippen molar-refractivity contribution in [1.82, 2.24) is 0 Å². The van der Waals surface area contributed by atoms with Crippen LogP contribution >= 0.6 is 0 Å². The molecule has 0 saturated carbocycles. The van der Waals surface area contributed by atoms with Crippen LogP contribution in [0.15, 0.2) is 41.3 Å². The molecule has 0 unspecified atom stereocenters. The summed E-state index contributed by atoms with van der Waals surface area (Å²) in [4.78, 5) is 0.169. The van der Waals surface area contributed by atoms with Crippen LogP contribution in [0.1, 0.15) is 43.0 Å². The lowest BCUT2D eigenvalue weighted by Crippen LogP contribution is -2.18. The minimum absolute atomic E-state index is 0.169. The first kappa shape index (κ1) is 17.5. The first-order valence-electron chi connectivity index (χ1n) is 7.63. The predicted molar refractivity (Wildman–Crippen MR) is 93.6 cm³/mol. The minimum Gasteiger partial charge on any atom is -0.378 e. The van der Waals surface area contributed by atoms with Gasteiger partial charge in [-0.05, 0) is 43.9 Å². The summed E-state index contributed by atoms with van der Waals surface area (Å²) in [5, 5.41) is 0. The van der Waals surface area contributed by atoms with Gasteiger partial charge in [-0.3, -0.25) is 0 Å². The molecule has 0 aromatic heterocycles. The van der Waals surface area contributed by atoms with Gasteiger partial charge in [0.2, 0.25) is 0 Å². The maximum absolute atomic E-state index is 12.6. The lowest BCUT2D eigenvalue weighted by molar-refractivity contribution is 0.468. The Bertz CT molecular complexity index is 811. The monoisotopic (exact) mass is 332 g/mol. The van der Waals surface area contributed by atoms with Crippen LogP contribution in [-0.2, 0) is 15.5 Å². The second kappa shape index (κ2) is 6.00. The van der Waals surface area contributed by atoms with Gasteiger partial charge < -0.3 is 4.18 Å². The van der Waals surface area contributed by atoms with E-state index in [-0.39, 0.29) is 10.3 Å². The zero-order valence-electron chi connectivity index (χ0n) is 14.6. The second-order valence-electron chi connectivity index (χ2n) is 7.06. The van der Waals surface area contributed by atoms with Crippen LogP contribution in [0.2, 0.25) is 0 Å². The van der Waals surface area contributed by atoms with Gasteiger partial charge >= 0.3 is 10.1 Å². The number of aryl methyl sites for hydroxylation is 3. The van der Waals surface area contributed by atoms with Crippen molar-refractivity contribution >= 4 is 10.1 Å². The van der Waals surface area contributed by atoms with Gasteiger partial charge in [0, 0.05) is 5.56 Å². The summed E-state index contributed by atoms with van der Waals surface area (Å²) in [5.74, 6) is 0.434. The van der Waals surface area contributed by atoms with Crippen LogP contribution in [-0.4, -0.2) is 8.42 Å². The fraction of sp³-hybridized carbons (Fsp3) is 0.368. The van der Waals surface area contributed by atoms with Gasteiger partial charge in [-0.2, -0.15) is 8.42 Å². The van der Waals surface area contributed by atoms with Crippen molar-refractivity contribution in [2.75, 3.05) is 0 Å². The molecule has 0 fully saturated rings. The van der Waals surface area contributed by atoms with Crippen molar-refractivity contribution in [3.63, 3.8) is 0 Å². The van der Waals surface area contributed by atoms with E-state index in [0.717, 1.165) is 22.3 Å². The molecular formula is C19H24O3S. The van der Waals surface area contributed by atoms with E-state index in [1.54, 1.807) is 24.3 Å². The first-order chi connectivity index (χ1) is 10.5. The van der Waals surface area contributed by atoms with Gasteiger partial charge in [0.05, 0.1) is 0 Å². The number of hydrogen-bond acceptors (Lipinski definition) is 3. The van der Waals surface area contributed by atoms with E-state index < -0.39 is 10.1 Å².